The van der Waals surface area contributed by atoms with Gasteiger partial charge in [0.1, 0.15) is 5.69 Å². The van der Waals surface area contributed by atoms with Crippen LogP contribution in [-0.2, 0) is 17.6 Å². The van der Waals surface area contributed by atoms with Gasteiger partial charge in [-0.3, -0.25) is 0 Å². The number of esters is 1. The molecule has 1 N–H and O–H groups in total. The van der Waals surface area contributed by atoms with Gasteiger partial charge in [0.05, 0.1) is 12.3 Å². The number of aryl methyl sites for hydroxylation is 2. The standard InChI is InChI=1S/C26H23ClN4O3/c1-2-33-26(32)23-24(17-9-11-20(27)12-10-17)31-34-25(23)28-22-14-13-21(29-30-22)19-8-7-16-5-3-4-6-18(16)15-19/h7-15H,2-6H2,1H3,(H,28,30). The predicted molar refractivity (Wildman–Crippen MR) is 130 cm³/mol. The fourth-order valence-corrected chi connectivity index (χ4v) is 4.26. The second kappa shape index (κ2) is 9.65. The number of aromatic nitrogens is 3. The lowest BCUT2D eigenvalue weighted by Gasteiger charge is -2.16. The number of fused-ring (bicyclic) bond motifs is 1. The van der Waals surface area contributed by atoms with Crippen LogP contribution in [0.2, 0.25) is 5.02 Å². The molecule has 0 unspecified atom stereocenters. The molecular weight excluding hydrogens is 452 g/mol. The van der Waals surface area contributed by atoms with Crippen LogP contribution in [0.4, 0.5) is 11.7 Å². The molecule has 0 aliphatic heterocycles. The molecule has 0 fully saturated rings. The molecule has 172 valence electrons. The van der Waals surface area contributed by atoms with E-state index in [1.54, 1.807) is 37.3 Å². The molecule has 0 atom stereocenters. The Morgan fingerprint density at radius 1 is 1.00 bits per heavy atom. The van der Waals surface area contributed by atoms with Gasteiger partial charge in [0.15, 0.2) is 11.4 Å². The van der Waals surface area contributed by atoms with Crippen LogP contribution >= 0.6 is 11.6 Å². The van der Waals surface area contributed by atoms with E-state index in [2.05, 4.69) is 38.9 Å². The molecule has 2 aromatic carbocycles. The summed E-state index contributed by atoms with van der Waals surface area (Å²) in [6.45, 7) is 1.96. The topological polar surface area (TPSA) is 90.1 Å². The lowest BCUT2D eigenvalue weighted by atomic mass is 9.90. The highest BCUT2D eigenvalue weighted by atomic mass is 35.5. The molecule has 0 saturated heterocycles. The molecule has 1 aliphatic carbocycles. The Bertz CT molecular complexity index is 1320. The van der Waals surface area contributed by atoms with E-state index in [0.717, 1.165) is 24.1 Å². The maximum Gasteiger partial charge on any atom is 0.346 e. The van der Waals surface area contributed by atoms with Crippen LogP contribution < -0.4 is 5.32 Å². The van der Waals surface area contributed by atoms with Gasteiger partial charge in [0.25, 0.3) is 0 Å². The first-order valence-corrected chi connectivity index (χ1v) is 11.7. The van der Waals surface area contributed by atoms with Crippen molar-refractivity contribution in [3.63, 3.8) is 0 Å². The highest BCUT2D eigenvalue weighted by molar-refractivity contribution is 6.30. The van der Waals surface area contributed by atoms with E-state index in [-0.39, 0.29) is 18.1 Å². The van der Waals surface area contributed by atoms with Gasteiger partial charge in [-0.1, -0.05) is 41.0 Å². The van der Waals surface area contributed by atoms with Crippen molar-refractivity contribution in [2.24, 2.45) is 0 Å². The zero-order valence-corrected chi connectivity index (χ0v) is 19.4. The second-order valence-electron chi connectivity index (χ2n) is 8.08. The van der Waals surface area contributed by atoms with Crippen LogP contribution in [0.25, 0.3) is 22.5 Å². The maximum absolute atomic E-state index is 12.7. The van der Waals surface area contributed by atoms with Crippen molar-refractivity contribution in [3.05, 3.63) is 76.3 Å². The van der Waals surface area contributed by atoms with E-state index in [0.29, 0.717) is 22.1 Å². The summed E-state index contributed by atoms with van der Waals surface area (Å²) in [6.07, 6.45) is 4.72. The molecule has 1 aliphatic rings. The number of nitrogens with zero attached hydrogens (tertiary/aromatic N) is 3. The molecule has 0 saturated carbocycles. The van der Waals surface area contributed by atoms with E-state index in [9.17, 15) is 4.79 Å². The summed E-state index contributed by atoms with van der Waals surface area (Å²) in [4.78, 5) is 12.7. The molecule has 5 rings (SSSR count). The minimum absolute atomic E-state index is 0.138. The third-order valence-corrected chi connectivity index (χ3v) is 6.09. The maximum atomic E-state index is 12.7. The summed E-state index contributed by atoms with van der Waals surface area (Å²) in [7, 11) is 0. The Labute approximate surface area is 202 Å². The fourth-order valence-electron chi connectivity index (χ4n) is 4.13. The van der Waals surface area contributed by atoms with Gasteiger partial charge in [-0.05, 0) is 74.1 Å². The number of hydrogen-bond acceptors (Lipinski definition) is 7. The molecule has 0 spiro atoms. The highest BCUT2D eigenvalue weighted by Crippen LogP contribution is 2.32. The smallest absolute Gasteiger partial charge is 0.346 e. The zero-order chi connectivity index (χ0) is 23.5. The van der Waals surface area contributed by atoms with Crippen LogP contribution in [-0.4, -0.2) is 27.9 Å². The Morgan fingerprint density at radius 2 is 1.76 bits per heavy atom. The molecule has 7 nitrogen and oxygen atoms in total. The van der Waals surface area contributed by atoms with E-state index < -0.39 is 5.97 Å². The third-order valence-electron chi connectivity index (χ3n) is 5.84. The number of rotatable bonds is 6. The van der Waals surface area contributed by atoms with Crippen molar-refractivity contribution in [1.29, 1.82) is 0 Å². The summed E-state index contributed by atoms with van der Waals surface area (Å²) < 4.78 is 10.7. The van der Waals surface area contributed by atoms with Gasteiger partial charge in [0, 0.05) is 16.1 Å². The molecular formula is C26H23ClN4O3. The number of carbonyl (C=O) groups is 1. The first-order valence-electron chi connectivity index (χ1n) is 11.3. The summed E-state index contributed by atoms with van der Waals surface area (Å²) in [5.41, 5.74) is 5.86. The Hall–Kier alpha value is -3.71. The number of ether oxygens (including phenoxy) is 1. The van der Waals surface area contributed by atoms with Crippen LogP contribution in [0.15, 0.2) is 59.1 Å². The SMILES string of the molecule is CCOC(=O)c1c(-c2ccc(Cl)cc2)noc1Nc1ccc(-c2ccc3c(c2)CCCC3)nn1. The van der Waals surface area contributed by atoms with Gasteiger partial charge in [-0.2, -0.15) is 0 Å². The number of anilines is 2. The highest BCUT2D eigenvalue weighted by Gasteiger charge is 2.26. The first kappa shape index (κ1) is 22.1. The number of carbonyl (C=O) groups excluding carboxylic acids is 1. The van der Waals surface area contributed by atoms with E-state index in [1.807, 2.05) is 6.07 Å². The van der Waals surface area contributed by atoms with E-state index >= 15 is 0 Å². The zero-order valence-electron chi connectivity index (χ0n) is 18.7. The number of hydrogen-bond donors (Lipinski definition) is 1. The van der Waals surface area contributed by atoms with Crippen molar-refractivity contribution >= 4 is 29.3 Å². The number of benzene rings is 2. The van der Waals surface area contributed by atoms with Crippen LogP contribution in [0.1, 0.15) is 41.3 Å². The Kier molecular flexibility index (Phi) is 6.27. The molecule has 0 radical (unpaired) electrons. The minimum Gasteiger partial charge on any atom is -0.462 e. The molecule has 0 bridgehead atoms. The number of nitrogens with one attached hydrogen (secondary N) is 1. The van der Waals surface area contributed by atoms with Gasteiger partial charge in [-0.15, -0.1) is 10.2 Å². The van der Waals surface area contributed by atoms with Gasteiger partial charge >= 0.3 is 5.97 Å². The number of halogens is 1. The van der Waals surface area contributed by atoms with Crippen LogP contribution in [0.3, 0.4) is 0 Å². The normalized spacial score (nSPS) is 12.8. The second-order valence-corrected chi connectivity index (χ2v) is 8.52. The largest absolute Gasteiger partial charge is 0.462 e. The minimum atomic E-state index is -0.546. The molecule has 34 heavy (non-hydrogen) atoms. The molecule has 0 amide bonds. The summed E-state index contributed by atoms with van der Waals surface area (Å²) in [6, 6.07) is 17.1. The Balaban J connectivity index is 1.42. The molecule has 8 heteroatoms. The fraction of sp³-hybridized carbons (Fsp3) is 0.231. The van der Waals surface area contributed by atoms with E-state index in [1.165, 1.54) is 24.0 Å². The van der Waals surface area contributed by atoms with Crippen molar-refractivity contribution in [3.8, 4) is 22.5 Å². The van der Waals surface area contributed by atoms with Gasteiger partial charge < -0.3 is 14.6 Å². The average Bonchev–Trinajstić information content (AvgIpc) is 3.28. The van der Waals surface area contributed by atoms with Crippen LogP contribution in [0.5, 0.6) is 0 Å². The molecule has 2 aromatic heterocycles. The molecule has 2 heterocycles. The summed E-state index contributed by atoms with van der Waals surface area (Å²) in [5, 5.41) is 16.3. The average molecular weight is 475 g/mol. The molecule has 4 aromatic rings. The van der Waals surface area contributed by atoms with Crippen molar-refractivity contribution in [2.75, 3.05) is 11.9 Å². The third kappa shape index (κ3) is 4.52. The van der Waals surface area contributed by atoms with E-state index in [4.69, 9.17) is 20.9 Å². The first-order chi connectivity index (χ1) is 16.6. The lowest BCUT2D eigenvalue weighted by molar-refractivity contribution is 0.0528. The lowest BCUT2D eigenvalue weighted by Crippen LogP contribution is -2.08. The quantitative estimate of drug-likeness (QED) is 0.330. The Morgan fingerprint density at radius 3 is 2.50 bits per heavy atom. The van der Waals surface area contributed by atoms with Gasteiger partial charge in [0.2, 0.25) is 5.88 Å². The summed E-state index contributed by atoms with van der Waals surface area (Å²) >= 11 is 5.99. The summed E-state index contributed by atoms with van der Waals surface area (Å²) in [5.74, 6) is 0.0140. The van der Waals surface area contributed by atoms with Crippen LogP contribution in [0, 0.1) is 0 Å². The predicted octanol–water partition coefficient (Wildman–Crippen LogP) is 6.25. The monoisotopic (exact) mass is 474 g/mol. The van der Waals surface area contributed by atoms with Crippen molar-refractivity contribution in [1.82, 2.24) is 15.4 Å². The van der Waals surface area contributed by atoms with Crippen molar-refractivity contribution in [2.45, 2.75) is 32.6 Å². The van der Waals surface area contributed by atoms with Crippen molar-refractivity contribution < 1.29 is 14.1 Å². The van der Waals surface area contributed by atoms with Gasteiger partial charge in [-0.25, -0.2) is 4.79 Å².